The molecule has 24 heavy (non-hydrogen) atoms. The maximum Gasteiger partial charge on any atom is 0.170 e. The Morgan fingerprint density at radius 3 is 2.75 bits per heavy atom. The van der Waals surface area contributed by atoms with Crippen LogP contribution in [-0.2, 0) is 0 Å². The zero-order chi connectivity index (χ0) is 17.1. The molecular weight excluding hydrogens is 336 g/mol. The van der Waals surface area contributed by atoms with Crippen molar-refractivity contribution in [3.8, 4) is 0 Å². The second-order valence-corrected chi connectivity index (χ2v) is 8.13. The number of nitrogens with zero attached hydrogens (tertiary/aromatic N) is 3. The fourth-order valence-corrected chi connectivity index (χ4v) is 4.48. The maximum absolute atomic E-state index is 5.66. The average molecular weight is 361 g/mol. The predicted molar refractivity (Wildman–Crippen MR) is 104 cm³/mol. The topological polar surface area (TPSA) is 31.4 Å². The van der Waals surface area contributed by atoms with Crippen molar-refractivity contribution in [2.45, 2.75) is 25.4 Å². The Kier molecular flexibility index (Phi) is 5.48. The van der Waals surface area contributed by atoms with Crippen LogP contribution < -0.4 is 5.32 Å². The largest absolute Gasteiger partial charge is 0.352 e. The quantitative estimate of drug-likeness (QED) is 0.798. The van der Waals surface area contributed by atoms with Gasteiger partial charge < -0.3 is 15.1 Å². The van der Waals surface area contributed by atoms with E-state index in [1.807, 2.05) is 29.7 Å². The van der Waals surface area contributed by atoms with Gasteiger partial charge in [-0.1, -0.05) is 6.07 Å². The third-order valence-corrected chi connectivity index (χ3v) is 5.68. The first-order chi connectivity index (χ1) is 11.6. The summed E-state index contributed by atoms with van der Waals surface area (Å²) in [6, 6.07) is 10.8. The first kappa shape index (κ1) is 17.3. The zero-order valence-corrected chi connectivity index (χ0v) is 16.0. The summed E-state index contributed by atoms with van der Waals surface area (Å²) in [5.74, 6) is 0. The van der Waals surface area contributed by atoms with Gasteiger partial charge in [0, 0.05) is 22.5 Å². The lowest BCUT2D eigenvalue weighted by molar-refractivity contribution is 0.296. The lowest BCUT2D eigenvalue weighted by Gasteiger charge is -2.27. The minimum atomic E-state index is 0.108. The fraction of sp³-hybridized carbons (Fsp3) is 0.444. The second-order valence-electron chi connectivity index (χ2n) is 6.43. The highest BCUT2D eigenvalue weighted by Gasteiger charge is 2.40. The summed E-state index contributed by atoms with van der Waals surface area (Å²) in [6.07, 6.45) is 2.94. The molecule has 2 aromatic heterocycles. The smallest absolute Gasteiger partial charge is 0.170 e. The van der Waals surface area contributed by atoms with E-state index in [1.165, 1.54) is 9.75 Å². The van der Waals surface area contributed by atoms with Crippen LogP contribution in [0.25, 0.3) is 0 Å². The molecule has 1 saturated heterocycles. The van der Waals surface area contributed by atoms with Crippen molar-refractivity contribution in [3.63, 3.8) is 0 Å². The SMILES string of the molecule is Cc1ccc([C@H]2[C@@H](c3ccccn3)NC(=S)N2CCCN(C)C)s1. The minimum absolute atomic E-state index is 0.108. The zero-order valence-electron chi connectivity index (χ0n) is 14.4. The highest BCUT2D eigenvalue weighted by Crippen LogP contribution is 2.41. The van der Waals surface area contributed by atoms with E-state index < -0.39 is 0 Å². The number of aryl methyl sites for hydroxylation is 1. The number of thiocarbonyl (C=S) groups is 1. The van der Waals surface area contributed by atoms with Gasteiger partial charge in [-0.05, 0) is 70.5 Å². The average Bonchev–Trinajstić information content (AvgIpc) is 3.12. The van der Waals surface area contributed by atoms with Crippen LogP contribution >= 0.6 is 23.6 Å². The standard InChI is InChI=1S/C18H24N4S2/c1-13-8-9-15(24-13)17-16(14-7-4-5-10-19-14)20-18(23)22(17)12-6-11-21(2)3/h4-5,7-10,16-17H,6,11-12H2,1-3H3,(H,20,23)/t16-,17+/m1/s1. The molecule has 0 unspecified atom stereocenters. The number of rotatable bonds is 6. The number of nitrogens with one attached hydrogen (secondary N) is 1. The summed E-state index contributed by atoms with van der Waals surface area (Å²) in [4.78, 5) is 11.8. The molecule has 128 valence electrons. The molecular formula is C18H24N4S2. The monoisotopic (exact) mass is 360 g/mol. The molecule has 1 aliphatic heterocycles. The van der Waals surface area contributed by atoms with E-state index in [-0.39, 0.29) is 12.1 Å². The van der Waals surface area contributed by atoms with Gasteiger partial charge in [-0.25, -0.2) is 0 Å². The van der Waals surface area contributed by atoms with Crippen molar-refractivity contribution < 1.29 is 0 Å². The van der Waals surface area contributed by atoms with Gasteiger partial charge in [0.05, 0.1) is 17.8 Å². The van der Waals surface area contributed by atoms with Crippen LogP contribution in [0.2, 0.25) is 0 Å². The van der Waals surface area contributed by atoms with Crippen LogP contribution in [0, 0.1) is 6.92 Å². The maximum atomic E-state index is 5.66. The first-order valence-corrected chi connectivity index (χ1v) is 9.48. The molecule has 0 saturated carbocycles. The molecule has 0 radical (unpaired) electrons. The van der Waals surface area contributed by atoms with E-state index in [9.17, 15) is 0 Å². The van der Waals surface area contributed by atoms with Gasteiger partial charge in [0.15, 0.2) is 5.11 Å². The fourth-order valence-electron chi connectivity index (χ4n) is 3.12. The van der Waals surface area contributed by atoms with Gasteiger partial charge in [-0.15, -0.1) is 11.3 Å². The Labute approximate surface area is 153 Å². The van der Waals surface area contributed by atoms with Crippen LogP contribution in [0.15, 0.2) is 36.5 Å². The van der Waals surface area contributed by atoms with E-state index in [0.717, 1.165) is 30.3 Å². The number of pyridine rings is 1. The normalized spacial score (nSPS) is 20.7. The van der Waals surface area contributed by atoms with Crippen LogP contribution in [0.1, 0.15) is 34.0 Å². The summed E-state index contributed by atoms with van der Waals surface area (Å²) in [6.45, 7) is 4.17. The molecule has 1 aliphatic rings. The molecule has 2 atom stereocenters. The minimum Gasteiger partial charge on any atom is -0.352 e. The second kappa shape index (κ2) is 7.59. The predicted octanol–water partition coefficient (Wildman–Crippen LogP) is 3.38. The van der Waals surface area contributed by atoms with Gasteiger partial charge in [0.2, 0.25) is 0 Å². The molecule has 0 spiro atoms. The summed E-state index contributed by atoms with van der Waals surface area (Å²) < 4.78 is 0. The van der Waals surface area contributed by atoms with E-state index >= 15 is 0 Å². The van der Waals surface area contributed by atoms with E-state index in [1.54, 1.807) is 0 Å². The Hall–Kier alpha value is -1.50. The van der Waals surface area contributed by atoms with Crippen LogP contribution in [0.3, 0.4) is 0 Å². The lowest BCUT2D eigenvalue weighted by Crippen LogP contribution is -2.32. The Morgan fingerprint density at radius 1 is 1.29 bits per heavy atom. The van der Waals surface area contributed by atoms with Gasteiger partial charge in [0.1, 0.15) is 0 Å². The number of thiophene rings is 1. The van der Waals surface area contributed by atoms with Crippen molar-refractivity contribution in [2.75, 3.05) is 27.2 Å². The van der Waals surface area contributed by atoms with Crippen molar-refractivity contribution >= 4 is 28.7 Å². The summed E-state index contributed by atoms with van der Waals surface area (Å²) in [5, 5.41) is 4.34. The van der Waals surface area contributed by atoms with Crippen LogP contribution in [0.5, 0.6) is 0 Å². The van der Waals surface area contributed by atoms with Gasteiger partial charge >= 0.3 is 0 Å². The van der Waals surface area contributed by atoms with Gasteiger partial charge in [-0.2, -0.15) is 0 Å². The first-order valence-electron chi connectivity index (χ1n) is 8.25. The van der Waals surface area contributed by atoms with E-state index in [0.29, 0.717) is 0 Å². The highest BCUT2D eigenvalue weighted by atomic mass is 32.1. The molecule has 1 fully saturated rings. The van der Waals surface area contributed by atoms with Gasteiger partial charge in [-0.3, -0.25) is 4.98 Å². The van der Waals surface area contributed by atoms with E-state index in [2.05, 4.69) is 59.3 Å². The molecule has 4 nitrogen and oxygen atoms in total. The van der Waals surface area contributed by atoms with Crippen molar-refractivity contribution in [1.29, 1.82) is 0 Å². The summed E-state index contributed by atoms with van der Waals surface area (Å²) >= 11 is 7.51. The Morgan fingerprint density at radius 2 is 2.12 bits per heavy atom. The number of hydrogen-bond donors (Lipinski definition) is 1. The lowest BCUT2D eigenvalue weighted by atomic mass is 10.0. The van der Waals surface area contributed by atoms with Crippen LogP contribution in [-0.4, -0.2) is 47.1 Å². The van der Waals surface area contributed by atoms with Crippen molar-refractivity contribution in [1.82, 2.24) is 20.1 Å². The molecule has 3 heterocycles. The van der Waals surface area contributed by atoms with Crippen molar-refractivity contribution in [2.24, 2.45) is 0 Å². The molecule has 0 bridgehead atoms. The molecule has 6 heteroatoms. The number of aromatic nitrogens is 1. The molecule has 1 N–H and O–H groups in total. The van der Waals surface area contributed by atoms with E-state index in [4.69, 9.17) is 12.2 Å². The third-order valence-electron chi connectivity index (χ3n) is 4.25. The Balaban J connectivity index is 1.88. The highest BCUT2D eigenvalue weighted by molar-refractivity contribution is 7.80. The Bertz CT molecular complexity index is 683. The number of hydrogen-bond acceptors (Lipinski definition) is 4. The summed E-state index contributed by atoms with van der Waals surface area (Å²) in [5.41, 5.74) is 1.05. The summed E-state index contributed by atoms with van der Waals surface area (Å²) in [7, 11) is 4.22. The molecule has 0 amide bonds. The molecule has 3 rings (SSSR count). The third kappa shape index (κ3) is 3.77. The molecule has 0 aromatic carbocycles. The van der Waals surface area contributed by atoms with Gasteiger partial charge in [0.25, 0.3) is 0 Å². The van der Waals surface area contributed by atoms with Crippen molar-refractivity contribution in [3.05, 3.63) is 52.0 Å². The van der Waals surface area contributed by atoms with Crippen LogP contribution in [0.4, 0.5) is 0 Å². The molecule has 0 aliphatic carbocycles. The molecule has 2 aromatic rings.